The van der Waals surface area contributed by atoms with Crippen LogP contribution in [0.5, 0.6) is 5.75 Å². The summed E-state index contributed by atoms with van der Waals surface area (Å²) < 4.78 is 18.4. The van der Waals surface area contributed by atoms with Crippen LogP contribution in [0.15, 0.2) is 18.2 Å². The highest BCUT2D eigenvalue weighted by molar-refractivity contribution is 5.52. The first kappa shape index (κ1) is 11.8. The Labute approximate surface area is 90.2 Å². The molecule has 2 nitrogen and oxygen atoms in total. The zero-order valence-corrected chi connectivity index (χ0v) is 9.29. The van der Waals surface area contributed by atoms with Gasteiger partial charge in [-0.3, -0.25) is 0 Å². The van der Waals surface area contributed by atoms with Gasteiger partial charge in [0.15, 0.2) is 0 Å². The van der Waals surface area contributed by atoms with Crippen LogP contribution in [0.2, 0.25) is 0 Å². The molecular weight excluding hydrogens is 193 g/mol. The van der Waals surface area contributed by atoms with E-state index >= 15 is 0 Å². The molecule has 0 radical (unpaired) electrons. The van der Waals surface area contributed by atoms with Crippen LogP contribution in [0.1, 0.15) is 26.7 Å². The third kappa shape index (κ3) is 3.42. The van der Waals surface area contributed by atoms with Crippen molar-refractivity contribution in [2.75, 3.05) is 12.3 Å². The maximum atomic E-state index is 12.9. The highest BCUT2D eigenvalue weighted by Gasteiger charge is 2.07. The normalized spacial score (nSPS) is 10.7. The Hall–Kier alpha value is -1.25. The lowest BCUT2D eigenvalue weighted by Gasteiger charge is -2.14. The minimum Gasteiger partial charge on any atom is -0.491 e. The average molecular weight is 211 g/mol. The summed E-state index contributed by atoms with van der Waals surface area (Å²) in [6.07, 6.45) is 2.12. The predicted octanol–water partition coefficient (Wildman–Crippen LogP) is 3.22. The lowest BCUT2D eigenvalue weighted by molar-refractivity contribution is 0.241. The quantitative estimate of drug-likeness (QED) is 0.759. The van der Waals surface area contributed by atoms with Crippen LogP contribution >= 0.6 is 0 Å². The van der Waals surface area contributed by atoms with E-state index in [0.29, 0.717) is 24.0 Å². The van der Waals surface area contributed by atoms with Crippen molar-refractivity contribution >= 4 is 5.69 Å². The third-order valence-electron chi connectivity index (χ3n) is 2.60. The van der Waals surface area contributed by atoms with Crippen molar-refractivity contribution < 1.29 is 9.13 Å². The second kappa shape index (κ2) is 5.59. The molecule has 15 heavy (non-hydrogen) atoms. The SMILES string of the molecule is CCC(CC)COc1cc(F)ccc1N. The van der Waals surface area contributed by atoms with E-state index in [4.69, 9.17) is 10.5 Å². The highest BCUT2D eigenvalue weighted by Crippen LogP contribution is 2.23. The summed E-state index contributed by atoms with van der Waals surface area (Å²) in [7, 11) is 0. The molecule has 0 atom stereocenters. The lowest BCUT2D eigenvalue weighted by Crippen LogP contribution is -2.11. The fourth-order valence-corrected chi connectivity index (χ4v) is 1.37. The van der Waals surface area contributed by atoms with Crippen molar-refractivity contribution in [2.24, 2.45) is 5.92 Å². The Bertz CT molecular complexity index is 310. The van der Waals surface area contributed by atoms with E-state index in [0.717, 1.165) is 12.8 Å². The van der Waals surface area contributed by atoms with Gasteiger partial charge in [0, 0.05) is 6.07 Å². The minimum atomic E-state index is -0.316. The van der Waals surface area contributed by atoms with Gasteiger partial charge in [-0.2, -0.15) is 0 Å². The first-order chi connectivity index (χ1) is 7.17. The Morgan fingerprint density at radius 3 is 2.60 bits per heavy atom. The van der Waals surface area contributed by atoms with Crippen LogP contribution in [-0.4, -0.2) is 6.61 Å². The molecule has 0 aromatic heterocycles. The van der Waals surface area contributed by atoms with Gasteiger partial charge >= 0.3 is 0 Å². The van der Waals surface area contributed by atoms with Crippen molar-refractivity contribution in [1.29, 1.82) is 0 Å². The molecular formula is C12H18FNO. The molecule has 84 valence electrons. The molecule has 3 heteroatoms. The second-order valence-electron chi connectivity index (χ2n) is 3.68. The number of ether oxygens (including phenoxy) is 1. The maximum Gasteiger partial charge on any atom is 0.145 e. The minimum absolute atomic E-state index is 0.316. The van der Waals surface area contributed by atoms with Crippen molar-refractivity contribution in [3.05, 3.63) is 24.0 Å². The van der Waals surface area contributed by atoms with E-state index in [1.165, 1.54) is 18.2 Å². The Morgan fingerprint density at radius 2 is 2.00 bits per heavy atom. The number of hydrogen-bond donors (Lipinski definition) is 1. The van der Waals surface area contributed by atoms with E-state index in [1.54, 1.807) is 0 Å². The van der Waals surface area contributed by atoms with Crippen molar-refractivity contribution in [3.63, 3.8) is 0 Å². The van der Waals surface area contributed by atoms with E-state index in [9.17, 15) is 4.39 Å². The first-order valence-electron chi connectivity index (χ1n) is 5.35. The van der Waals surface area contributed by atoms with Crippen molar-refractivity contribution in [2.45, 2.75) is 26.7 Å². The smallest absolute Gasteiger partial charge is 0.145 e. The standard InChI is InChI=1S/C12H18FNO/c1-3-9(4-2)8-15-12-7-10(13)5-6-11(12)14/h5-7,9H,3-4,8,14H2,1-2H3. The Morgan fingerprint density at radius 1 is 1.33 bits per heavy atom. The van der Waals surface area contributed by atoms with Gasteiger partial charge < -0.3 is 10.5 Å². The highest BCUT2D eigenvalue weighted by atomic mass is 19.1. The topological polar surface area (TPSA) is 35.2 Å². The summed E-state index contributed by atoms with van der Waals surface area (Å²) in [5.41, 5.74) is 6.16. The van der Waals surface area contributed by atoms with Gasteiger partial charge in [0.25, 0.3) is 0 Å². The number of nitrogens with two attached hydrogens (primary N) is 1. The monoisotopic (exact) mass is 211 g/mol. The average Bonchev–Trinajstić information content (AvgIpc) is 2.24. The number of anilines is 1. The van der Waals surface area contributed by atoms with Gasteiger partial charge in [-0.15, -0.1) is 0 Å². The van der Waals surface area contributed by atoms with Crippen LogP contribution in [0.3, 0.4) is 0 Å². The largest absolute Gasteiger partial charge is 0.491 e. The molecule has 1 rings (SSSR count). The summed E-state index contributed by atoms with van der Waals surface area (Å²) in [5.74, 6) is 0.637. The zero-order chi connectivity index (χ0) is 11.3. The van der Waals surface area contributed by atoms with Gasteiger partial charge in [-0.1, -0.05) is 26.7 Å². The molecule has 0 spiro atoms. The second-order valence-corrected chi connectivity index (χ2v) is 3.68. The van der Waals surface area contributed by atoms with E-state index < -0.39 is 0 Å². The van der Waals surface area contributed by atoms with Gasteiger partial charge in [-0.25, -0.2) is 4.39 Å². The molecule has 0 unspecified atom stereocenters. The summed E-state index contributed by atoms with van der Waals surface area (Å²) in [4.78, 5) is 0. The number of halogens is 1. The molecule has 0 aliphatic heterocycles. The molecule has 2 N–H and O–H groups in total. The molecule has 1 aromatic carbocycles. The number of nitrogen functional groups attached to an aromatic ring is 1. The first-order valence-corrected chi connectivity index (χ1v) is 5.35. The molecule has 0 heterocycles. The van der Waals surface area contributed by atoms with Crippen LogP contribution in [0.25, 0.3) is 0 Å². The van der Waals surface area contributed by atoms with Gasteiger partial charge in [-0.05, 0) is 18.1 Å². The number of benzene rings is 1. The van der Waals surface area contributed by atoms with E-state index in [2.05, 4.69) is 13.8 Å². The van der Waals surface area contributed by atoms with Crippen LogP contribution in [-0.2, 0) is 0 Å². The third-order valence-corrected chi connectivity index (χ3v) is 2.60. The summed E-state index contributed by atoms with van der Waals surface area (Å²) in [5, 5.41) is 0. The fraction of sp³-hybridized carbons (Fsp3) is 0.500. The molecule has 0 saturated heterocycles. The molecule has 0 saturated carbocycles. The number of hydrogen-bond acceptors (Lipinski definition) is 2. The van der Waals surface area contributed by atoms with Gasteiger partial charge in [0.1, 0.15) is 11.6 Å². The van der Waals surface area contributed by atoms with Crippen LogP contribution < -0.4 is 10.5 Å². The Balaban J connectivity index is 2.60. The summed E-state index contributed by atoms with van der Waals surface area (Å²) in [6.45, 7) is 4.83. The summed E-state index contributed by atoms with van der Waals surface area (Å²) >= 11 is 0. The predicted molar refractivity (Wildman–Crippen MR) is 60.4 cm³/mol. The van der Waals surface area contributed by atoms with E-state index in [1.807, 2.05) is 0 Å². The molecule has 0 aliphatic rings. The van der Waals surface area contributed by atoms with E-state index in [-0.39, 0.29) is 5.82 Å². The maximum absolute atomic E-state index is 12.9. The molecule has 0 bridgehead atoms. The van der Waals surface area contributed by atoms with Crippen molar-refractivity contribution in [3.8, 4) is 5.75 Å². The molecule has 0 fully saturated rings. The molecule has 1 aromatic rings. The van der Waals surface area contributed by atoms with Gasteiger partial charge in [0.05, 0.1) is 12.3 Å². The zero-order valence-electron chi connectivity index (χ0n) is 9.29. The molecule has 0 amide bonds. The lowest BCUT2D eigenvalue weighted by atomic mass is 10.1. The fourth-order valence-electron chi connectivity index (χ4n) is 1.37. The van der Waals surface area contributed by atoms with Crippen LogP contribution in [0.4, 0.5) is 10.1 Å². The van der Waals surface area contributed by atoms with Crippen LogP contribution in [0, 0.1) is 11.7 Å². The molecule has 0 aliphatic carbocycles. The Kier molecular flexibility index (Phi) is 4.40. The summed E-state index contributed by atoms with van der Waals surface area (Å²) in [6, 6.07) is 4.19. The van der Waals surface area contributed by atoms with Crippen molar-refractivity contribution in [1.82, 2.24) is 0 Å². The number of rotatable bonds is 5. The van der Waals surface area contributed by atoms with Gasteiger partial charge in [0.2, 0.25) is 0 Å².